The Morgan fingerprint density at radius 2 is 2.26 bits per heavy atom. The summed E-state index contributed by atoms with van der Waals surface area (Å²) >= 11 is 0. The fraction of sp³-hybridized carbons (Fsp3) is 0.533. The summed E-state index contributed by atoms with van der Waals surface area (Å²) in [5.41, 5.74) is 0.580. The lowest BCUT2D eigenvalue weighted by molar-refractivity contribution is 0.0189. The molecule has 1 heterocycles. The Balaban J connectivity index is 1.84. The van der Waals surface area contributed by atoms with Crippen molar-refractivity contribution >= 4 is 5.78 Å². The largest absolute Gasteiger partial charge is 0.493 e. The molecular formula is C15H20O4. The molecule has 1 aliphatic heterocycles. The van der Waals surface area contributed by atoms with Gasteiger partial charge < -0.3 is 14.2 Å². The van der Waals surface area contributed by atoms with Crippen LogP contribution in [0.4, 0.5) is 0 Å². The molecule has 1 aromatic rings. The molecule has 1 aromatic carbocycles. The Bertz CT molecular complexity index is 410. The average molecular weight is 264 g/mol. The molecule has 4 nitrogen and oxygen atoms in total. The van der Waals surface area contributed by atoms with Gasteiger partial charge >= 0.3 is 0 Å². The van der Waals surface area contributed by atoms with E-state index in [0.717, 1.165) is 19.4 Å². The molecule has 1 aliphatic rings. The molecule has 1 fully saturated rings. The number of carbonyl (C=O) groups is 1. The van der Waals surface area contributed by atoms with E-state index in [1.807, 2.05) is 19.1 Å². The molecular weight excluding hydrogens is 244 g/mol. The van der Waals surface area contributed by atoms with Gasteiger partial charge in [0.05, 0.1) is 24.9 Å². The predicted octanol–water partition coefficient (Wildman–Crippen LogP) is 2.46. The molecule has 0 amide bonds. The van der Waals surface area contributed by atoms with E-state index in [2.05, 4.69) is 0 Å². The number of benzene rings is 1. The van der Waals surface area contributed by atoms with Crippen molar-refractivity contribution in [2.24, 2.45) is 0 Å². The summed E-state index contributed by atoms with van der Waals surface area (Å²) in [4.78, 5) is 12.1. The lowest BCUT2D eigenvalue weighted by Crippen LogP contribution is -2.18. The lowest BCUT2D eigenvalue weighted by Gasteiger charge is -2.11. The van der Waals surface area contributed by atoms with Crippen molar-refractivity contribution in [3.63, 3.8) is 0 Å². The van der Waals surface area contributed by atoms with Crippen LogP contribution >= 0.6 is 0 Å². The Morgan fingerprint density at radius 1 is 1.42 bits per heavy atom. The highest BCUT2D eigenvalue weighted by molar-refractivity contribution is 5.99. The van der Waals surface area contributed by atoms with E-state index in [1.165, 1.54) is 0 Å². The predicted molar refractivity (Wildman–Crippen MR) is 71.7 cm³/mol. The summed E-state index contributed by atoms with van der Waals surface area (Å²) in [5.74, 6) is 0.567. The summed E-state index contributed by atoms with van der Waals surface area (Å²) in [6.07, 6.45) is 2.24. The van der Waals surface area contributed by atoms with Crippen molar-refractivity contribution < 1.29 is 19.0 Å². The second-order valence-electron chi connectivity index (χ2n) is 4.50. The molecule has 19 heavy (non-hydrogen) atoms. The maximum atomic E-state index is 12.1. The first-order valence-corrected chi connectivity index (χ1v) is 6.75. The van der Waals surface area contributed by atoms with Crippen molar-refractivity contribution in [2.75, 3.05) is 26.4 Å². The molecule has 2 rings (SSSR count). The number of ether oxygens (including phenoxy) is 3. The van der Waals surface area contributed by atoms with Crippen molar-refractivity contribution in [1.29, 1.82) is 0 Å². The van der Waals surface area contributed by atoms with Gasteiger partial charge in [0, 0.05) is 6.61 Å². The minimum absolute atomic E-state index is 0.0537. The van der Waals surface area contributed by atoms with Crippen LogP contribution in [0.3, 0.4) is 0 Å². The van der Waals surface area contributed by atoms with Crippen molar-refractivity contribution in [3.8, 4) is 5.75 Å². The van der Waals surface area contributed by atoms with Crippen LogP contribution in [0.5, 0.6) is 5.75 Å². The third-order valence-electron chi connectivity index (χ3n) is 3.05. The number of rotatable bonds is 7. The maximum Gasteiger partial charge on any atom is 0.192 e. The highest BCUT2D eigenvalue weighted by Gasteiger charge is 2.17. The van der Waals surface area contributed by atoms with Crippen LogP contribution in [-0.4, -0.2) is 38.3 Å². The highest BCUT2D eigenvalue weighted by Crippen LogP contribution is 2.19. The molecule has 0 spiro atoms. The van der Waals surface area contributed by atoms with Gasteiger partial charge in [-0.2, -0.15) is 0 Å². The number of carbonyl (C=O) groups excluding carboxylic acids is 1. The first-order chi connectivity index (χ1) is 9.31. The van der Waals surface area contributed by atoms with Crippen LogP contribution in [-0.2, 0) is 9.47 Å². The van der Waals surface area contributed by atoms with Gasteiger partial charge in [0.1, 0.15) is 12.4 Å². The van der Waals surface area contributed by atoms with E-state index in [0.29, 0.717) is 24.5 Å². The minimum Gasteiger partial charge on any atom is -0.493 e. The quantitative estimate of drug-likeness (QED) is 0.710. The van der Waals surface area contributed by atoms with Crippen molar-refractivity contribution in [1.82, 2.24) is 0 Å². The zero-order chi connectivity index (χ0) is 13.5. The molecule has 0 bridgehead atoms. The van der Waals surface area contributed by atoms with Crippen LogP contribution in [0.15, 0.2) is 24.3 Å². The normalized spacial score (nSPS) is 18.5. The SMILES string of the molecule is CCOc1ccccc1C(=O)COCC1CCCO1. The van der Waals surface area contributed by atoms with Gasteiger partial charge in [-0.1, -0.05) is 12.1 Å². The van der Waals surface area contributed by atoms with Crippen LogP contribution in [0.2, 0.25) is 0 Å². The Morgan fingerprint density at radius 3 is 3.00 bits per heavy atom. The number of Topliss-reactive ketones (excluding diaryl/α,β-unsaturated/α-hetero) is 1. The number of para-hydroxylation sites is 1. The Kier molecular flexibility index (Phi) is 5.36. The molecule has 1 atom stereocenters. The maximum absolute atomic E-state index is 12.1. The highest BCUT2D eigenvalue weighted by atomic mass is 16.5. The Labute approximate surface area is 113 Å². The number of ketones is 1. The van der Waals surface area contributed by atoms with Gasteiger partial charge in [0.2, 0.25) is 0 Å². The Hall–Kier alpha value is -1.39. The van der Waals surface area contributed by atoms with Crippen LogP contribution in [0, 0.1) is 0 Å². The molecule has 4 heteroatoms. The average Bonchev–Trinajstić information content (AvgIpc) is 2.93. The van der Waals surface area contributed by atoms with Crippen LogP contribution in [0.1, 0.15) is 30.1 Å². The summed E-state index contributed by atoms with van der Waals surface area (Å²) in [5, 5.41) is 0. The topological polar surface area (TPSA) is 44.8 Å². The summed E-state index contributed by atoms with van der Waals surface area (Å²) in [7, 11) is 0. The minimum atomic E-state index is -0.0537. The van der Waals surface area contributed by atoms with E-state index >= 15 is 0 Å². The zero-order valence-corrected chi connectivity index (χ0v) is 11.3. The van der Waals surface area contributed by atoms with E-state index in [9.17, 15) is 4.79 Å². The fourth-order valence-electron chi connectivity index (χ4n) is 2.11. The van der Waals surface area contributed by atoms with Gasteiger partial charge in [-0.25, -0.2) is 0 Å². The first-order valence-electron chi connectivity index (χ1n) is 6.75. The van der Waals surface area contributed by atoms with E-state index < -0.39 is 0 Å². The smallest absolute Gasteiger partial charge is 0.192 e. The van der Waals surface area contributed by atoms with Gasteiger partial charge in [-0.15, -0.1) is 0 Å². The summed E-state index contributed by atoms with van der Waals surface area (Å²) in [6, 6.07) is 7.25. The zero-order valence-electron chi connectivity index (χ0n) is 11.3. The number of hydrogen-bond acceptors (Lipinski definition) is 4. The van der Waals surface area contributed by atoms with E-state index in [1.54, 1.807) is 12.1 Å². The standard InChI is InChI=1S/C15H20O4/c1-2-18-15-8-4-3-7-13(15)14(16)11-17-10-12-6-5-9-19-12/h3-4,7-8,12H,2,5-6,9-11H2,1H3. The lowest BCUT2D eigenvalue weighted by atomic mass is 10.1. The van der Waals surface area contributed by atoms with Gasteiger partial charge in [-0.3, -0.25) is 4.79 Å². The fourth-order valence-corrected chi connectivity index (χ4v) is 2.11. The molecule has 0 N–H and O–H groups in total. The molecule has 1 saturated heterocycles. The first kappa shape index (κ1) is 14.0. The second-order valence-corrected chi connectivity index (χ2v) is 4.50. The van der Waals surface area contributed by atoms with Crippen molar-refractivity contribution in [2.45, 2.75) is 25.9 Å². The van der Waals surface area contributed by atoms with Gasteiger partial charge in [0.15, 0.2) is 5.78 Å². The number of hydrogen-bond donors (Lipinski definition) is 0. The second kappa shape index (κ2) is 7.26. The van der Waals surface area contributed by atoms with Crippen LogP contribution < -0.4 is 4.74 Å². The van der Waals surface area contributed by atoms with E-state index in [-0.39, 0.29) is 18.5 Å². The molecule has 1 unspecified atom stereocenters. The summed E-state index contributed by atoms with van der Waals surface area (Å²) < 4.78 is 16.3. The van der Waals surface area contributed by atoms with Gasteiger partial charge in [0.25, 0.3) is 0 Å². The van der Waals surface area contributed by atoms with Crippen LogP contribution in [0.25, 0.3) is 0 Å². The van der Waals surface area contributed by atoms with Crippen molar-refractivity contribution in [3.05, 3.63) is 29.8 Å². The molecule has 0 aromatic heterocycles. The van der Waals surface area contributed by atoms with E-state index in [4.69, 9.17) is 14.2 Å². The molecule has 0 aliphatic carbocycles. The molecule has 104 valence electrons. The molecule has 0 saturated carbocycles. The summed E-state index contributed by atoms with van der Waals surface area (Å²) in [6.45, 7) is 3.80. The molecule has 0 radical (unpaired) electrons. The monoisotopic (exact) mass is 264 g/mol. The van der Waals surface area contributed by atoms with Gasteiger partial charge in [-0.05, 0) is 31.9 Å². The third kappa shape index (κ3) is 4.04. The third-order valence-corrected chi connectivity index (χ3v) is 3.05.